The number of aromatic amines is 1. The fourth-order valence-electron chi connectivity index (χ4n) is 0.576. The first kappa shape index (κ1) is 6.42. The average molecular weight is 140 g/mol. The van der Waals surface area contributed by atoms with Crippen molar-refractivity contribution in [2.45, 2.75) is 6.42 Å². The second kappa shape index (κ2) is 3.35. The van der Waals surface area contributed by atoms with Gasteiger partial charge in [-0.3, -0.25) is 0 Å². The number of hydrogen-bond acceptors (Lipinski definition) is 2. The van der Waals surface area contributed by atoms with Crippen molar-refractivity contribution >= 4 is 12.6 Å². The molecule has 0 unspecified atom stereocenters. The Bertz CT molecular complexity index is 179. The lowest BCUT2D eigenvalue weighted by atomic mass is 10.3. The van der Waals surface area contributed by atoms with Gasteiger partial charge in [-0.25, -0.2) is 4.98 Å². The van der Waals surface area contributed by atoms with Crippen molar-refractivity contribution in [1.82, 2.24) is 9.97 Å². The molecule has 0 radical (unpaired) electrons. The summed E-state index contributed by atoms with van der Waals surface area (Å²) < 4.78 is 0. The Morgan fingerprint density at radius 1 is 1.78 bits per heavy atom. The van der Waals surface area contributed by atoms with E-state index in [0.717, 1.165) is 12.1 Å². The summed E-state index contributed by atoms with van der Waals surface area (Å²) in [5.41, 5.74) is 1.11. The monoisotopic (exact) mass is 140 g/mol. The van der Waals surface area contributed by atoms with E-state index in [9.17, 15) is 0 Å². The Morgan fingerprint density at radius 2 is 2.67 bits per heavy atom. The summed E-state index contributed by atoms with van der Waals surface area (Å²) in [6.07, 6.45) is 6.30. The zero-order chi connectivity index (χ0) is 6.53. The van der Waals surface area contributed by atoms with Gasteiger partial charge in [-0.1, -0.05) is 6.08 Å². The molecule has 1 heterocycles. The molecule has 0 saturated carbocycles. The van der Waals surface area contributed by atoms with E-state index < -0.39 is 0 Å². The summed E-state index contributed by atoms with van der Waals surface area (Å²) in [5.74, 6) is 0. The lowest BCUT2D eigenvalue weighted by Crippen LogP contribution is -1.76. The van der Waals surface area contributed by atoms with Gasteiger partial charge in [0.1, 0.15) is 0 Å². The van der Waals surface area contributed by atoms with E-state index >= 15 is 0 Å². The van der Waals surface area contributed by atoms with E-state index in [2.05, 4.69) is 22.6 Å². The van der Waals surface area contributed by atoms with Crippen molar-refractivity contribution < 1.29 is 0 Å². The molecule has 2 nitrogen and oxygen atoms in total. The first-order chi connectivity index (χ1) is 4.43. The molecule has 0 aromatic carbocycles. The predicted molar refractivity (Wildman–Crippen MR) is 40.4 cm³/mol. The molecule has 0 spiro atoms. The van der Waals surface area contributed by atoms with Gasteiger partial charge >= 0.3 is 0 Å². The average Bonchev–Trinajstić information content (AvgIpc) is 2.34. The van der Waals surface area contributed by atoms with E-state index in [0.29, 0.717) is 0 Å². The number of rotatable bonds is 2. The second-order valence-corrected chi connectivity index (χ2v) is 1.96. The number of allylic oxidation sites excluding steroid dienone is 1. The van der Waals surface area contributed by atoms with E-state index in [4.69, 9.17) is 0 Å². The molecule has 3 heteroatoms. The van der Waals surface area contributed by atoms with Crippen LogP contribution in [0.4, 0.5) is 0 Å². The molecule has 0 aliphatic heterocycles. The largest absolute Gasteiger partial charge is 0.348 e. The van der Waals surface area contributed by atoms with Crippen LogP contribution in [0.15, 0.2) is 24.0 Å². The van der Waals surface area contributed by atoms with Crippen LogP contribution in [0, 0.1) is 0 Å². The SMILES string of the molecule is SC=CCc1cnc[nH]1. The highest BCUT2D eigenvalue weighted by Gasteiger charge is 1.85. The lowest BCUT2D eigenvalue weighted by Gasteiger charge is -1.83. The van der Waals surface area contributed by atoms with E-state index in [1.54, 1.807) is 17.9 Å². The van der Waals surface area contributed by atoms with Crippen LogP contribution >= 0.6 is 12.6 Å². The number of aromatic nitrogens is 2. The first-order valence-corrected chi connectivity index (χ1v) is 3.21. The van der Waals surface area contributed by atoms with Gasteiger partial charge in [0.25, 0.3) is 0 Å². The zero-order valence-corrected chi connectivity index (χ0v) is 5.81. The van der Waals surface area contributed by atoms with Crippen molar-refractivity contribution in [3.8, 4) is 0 Å². The van der Waals surface area contributed by atoms with Gasteiger partial charge in [0.05, 0.1) is 6.33 Å². The molecule has 1 N–H and O–H groups in total. The molecule has 0 amide bonds. The van der Waals surface area contributed by atoms with E-state index in [-0.39, 0.29) is 0 Å². The van der Waals surface area contributed by atoms with Crippen molar-refractivity contribution in [3.05, 3.63) is 29.7 Å². The highest BCUT2D eigenvalue weighted by molar-refractivity contribution is 7.83. The van der Waals surface area contributed by atoms with Crippen LogP contribution in [0.1, 0.15) is 5.69 Å². The van der Waals surface area contributed by atoms with Crippen LogP contribution in [0.25, 0.3) is 0 Å². The van der Waals surface area contributed by atoms with Crippen LogP contribution in [-0.2, 0) is 6.42 Å². The standard InChI is InChI=1S/C6H8N2S/c9-3-1-2-6-4-7-5-8-6/h1,3-5,9H,2H2,(H,7,8). The van der Waals surface area contributed by atoms with Crippen molar-refractivity contribution in [1.29, 1.82) is 0 Å². The molecule has 0 aliphatic rings. The minimum absolute atomic E-state index is 0.878. The topological polar surface area (TPSA) is 28.7 Å². The summed E-state index contributed by atoms with van der Waals surface area (Å²) in [5, 5.41) is 1.72. The minimum atomic E-state index is 0.878. The number of imidazole rings is 1. The third-order valence-corrected chi connectivity index (χ3v) is 1.21. The van der Waals surface area contributed by atoms with Crippen LogP contribution in [0.3, 0.4) is 0 Å². The maximum Gasteiger partial charge on any atom is 0.0921 e. The van der Waals surface area contributed by atoms with Gasteiger partial charge in [-0.15, -0.1) is 0 Å². The quantitative estimate of drug-likeness (QED) is 0.597. The van der Waals surface area contributed by atoms with Gasteiger partial charge in [0.2, 0.25) is 0 Å². The van der Waals surface area contributed by atoms with Gasteiger partial charge in [-0.2, -0.15) is 12.6 Å². The smallest absolute Gasteiger partial charge is 0.0921 e. The van der Waals surface area contributed by atoms with E-state index in [1.807, 2.05) is 6.08 Å². The maximum absolute atomic E-state index is 3.92. The second-order valence-electron chi connectivity index (χ2n) is 1.67. The molecule has 1 rings (SSSR count). The zero-order valence-electron chi connectivity index (χ0n) is 4.91. The van der Waals surface area contributed by atoms with Crippen molar-refractivity contribution in [3.63, 3.8) is 0 Å². The fourth-order valence-corrected chi connectivity index (χ4v) is 0.681. The predicted octanol–water partition coefficient (Wildman–Crippen LogP) is 1.40. The molecule has 0 atom stereocenters. The third kappa shape index (κ3) is 1.93. The molecular weight excluding hydrogens is 132 g/mol. The van der Waals surface area contributed by atoms with Crippen LogP contribution in [-0.4, -0.2) is 9.97 Å². The minimum Gasteiger partial charge on any atom is -0.348 e. The number of thiol groups is 1. The number of nitrogens with zero attached hydrogens (tertiary/aromatic N) is 1. The van der Waals surface area contributed by atoms with Gasteiger partial charge < -0.3 is 4.98 Å². The maximum atomic E-state index is 3.92. The Kier molecular flexibility index (Phi) is 2.39. The molecular formula is C6H8N2S. The highest BCUT2D eigenvalue weighted by Crippen LogP contribution is 1.93. The summed E-state index contributed by atoms with van der Waals surface area (Å²) in [6.45, 7) is 0. The lowest BCUT2D eigenvalue weighted by molar-refractivity contribution is 1.15. The highest BCUT2D eigenvalue weighted by atomic mass is 32.1. The first-order valence-electron chi connectivity index (χ1n) is 2.70. The summed E-state index contributed by atoms with van der Waals surface area (Å²) in [4.78, 5) is 6.84. The van der Waals surface area contributed by atoms with Crippen LogP contribution < -0.4 is 0 Å². The Hall–Kier alpha value is -0.700. The van der Waals surface area contributed by atoms with E-state index in [1.165, 1.54) is 0 Å². The summed E-state index contributed by atoms with van der Waals surface area (Å²) >= 11 is 3.92. The molecule has 0 saturated heterocycles. The Morgan fingerprint density at radius 3 is 3.22 bits per heavy atom. The van der Waals surface area contributed by atoms with Crippen molar-refractivity contribution in [2.75, 3.05) is 0 Å². The van der Waals surface area contributed by atoms with Crippen LogP contribution in [0.5, 0.6) is 0 Å². The Labute approximate surface area is 59.4 Å². The molecule has 9 heavy (non-hydrogen) atoms. The fraction of sp³-hybridized carbons (Fsp3) is 0.167. The molecule has 1 aromatic rings. The molecule has 0 fully saturated rings. The van der Waals surface area contributed by atoms with Gasteiger partial charge in [-0.05, 0) is 5.41 Å². The van der Waals surface area contributed by atoms with Gasteiger partial charge in [0, 0.05) is 18.3 Å². The number of nitrogens with one attached hydrogen (secondary N) is 1. The summed E-state index contributed by atoms with van der Waals surface area (Å²) in [6, 6.07) is 0. The normalized spacial score (nSPS) is 10.8. The molecule has 48 valence electrons. The van der Waals surface area contributed by atoms with Crippen LogP contribution in [0.2, 0.25) is 0 Å². The molecule has 0 aliphatic carbocycles. The van der Waals surface area contributed by atoms with Gasteiger partial charge in [0.15, 0.2) is 0 Å². The number of hydrogen-bond donors (Lipinski definition) is 2. The van der Waals surface area contributed by atoms with Crippen molar-refractivity contribution in [2.24, 2.45) is 0 Å². The number of H-pyrrole nitrogens is 1. The Balaban J connectivity index is 2.48. The third-order valence-electron chi connectivity index (χ3n) is 0.998. The molecule has 1 aromatic heterocycles. The summed E-state index contributed by atoms with van der Waals surface area (Å²) in [7, 11) is 0. The molecule has 0 bridgehead atoms.